The minimum Gasteiger partial charge on any atom is -0.377 e. The van der Waals surface area contributed by atoms with Gasteiger partial charge in [-0.2, -0.15) is 0 Å². The first-order chi connectivity index (χ1) is 13.0. The zero-order valence-electron chi connectivity index (χ0n) is 18.8. The van der Waals surface area contributed by atoms with E-state index in [2.05, 4.69) is 39.9 Å². The Morgan fingerprint density at radius 1 is 1.21 bits per heavy atom. The van der Waals surface area contributed by atoms with E-state index in [4.69, 9.17) is 4.74 Å². The summed E-state index contributed by atoms with van der Waals surface area (Å²) in [6.45, 7) is 10.9. The largest absolute Gasteiger partial charge is 0.377 e. The van der Waals surface area contributed by atoms with Gasteiger partial charge in [0.05, 0.1) is 0 Å². The van der Waals surface area contributed by atoms with Crippen molar-refractivity contribution >= 4 is 23.2 Å². The summed E-state index contributed by atoms with van der Waals surface area (Å²) >= 11 is 0. The molecular weight excluding hydrogens is 354 g/mol. The fourth-order valence-electron chi connectivity index (χ4n) is 3.00. The maximum absolute atomic E-state index is 13.0. The van der Waals surface area contributed by atoms with Crippen molar-refractivity contribution in [3.63, 3.8) is 0 Å². The fraction of sp³-hybridized carbons (Fsp3) is 0.636. The van der Waals surface area contributed by atoms with Crippen molar-refractivity contribution in [1.82, 2.24) is 4.90 Å². The number of nitrogens with one attached hydrogen (secondary N) is 1. The smallest absolute Gasteiger partial charge is 0.250 e. The average Bonchev–Trinajstić information content (AvgIpc) is 2.57. The van der Waals surface area contributed by atoms with E-state index in [-0.39, 0.29) is 29.9 Å². The van der Waals surface area contributed by atoms with Crippen LogP contribution < -0.4 is 10.2 Å². The molecule has 0 radical (unpaired) electrons. The molecule has 0 saturated heterocycles. The summed E-state index contributed by atoms with van der Waals surface area (Å²) in [6.07, 6.45) is 1.39. The predicted molar refractivity (Wildman–Crippen MR) is 116 cm³/mol. The lowest BCUT2D eigenvalue weighted by atomic mass is 9.91. The molecular formula is C22H37N3O3. The molecule has 1 rings (SSSR count). The van der Waals surface area contributed by atoms with Gasteiger partial charge in [-0.3, -0.25) is 9.59 Å². The summed E-state index contributed by atoms with van der Waals surface area (Å²) in [5.74, 6) is -0.0472. The number of rotatable bonds is 9. The van der Waals surface area contributed by atoms with Crippen LogP contribution in [0.25, 0.3) is 0 Å². The lowest BCUT2D eigenvalue weighted by molar-refractivity contribution is -0.136. The van der Waals surface area contributed by atoms with Crippen LogP contribution in [-0.4, -0.2) is 50.6 Å². The highest BCUT2D eigenvalue weighted by atomic mass is 16.5. The lowest BCUT2D eigenvalue weighted by Gasteiger charge is -2.33. The molecule has 1 atom stereocenters. The maximum Gasteiger partial charge on any atom is 0.250 e. The van der Waals surface area contributed by atoms with E-state index in [1.165, 1.54) is 7.11 Å². The first-order valence-corrected chi connectivity index (χ1v) is 9.87. The Balaban J connectivity index is 3.20. The Labute approximate surface area is 170 Å². The molecule has 6 nitrogen and oxygen atoms in total. The molecule has 0 fully saturated rings. The minimum atomic E-state index is -0.200. The summed E-state index contributed by atoms with van der Waals surface area (Å²) in [4.78, 5) is 28.9. The van der Waals surface area contributed by atoms with Crippen molar-refractivity contribution in [3.8, 4) is 0 Å². The molecule has 0 bridgehead atoms. The molecule has 2 amide bonds. The second kappa shape index (κ2) is 10.5. The molecule has 1 aromatic rings. The molecule has 1 N–H and O–H groups in total. The summed E-state index contributed by atoms with van der Waals surface area (Å²) in [7, 11) is 5.45. The van der Waals surface area contributed by atoms with E-state index in [1.54, 1.807) is 0 Å². The van der Waals surface area contributed by atoms with Gasteiger partial charge in [0.25, 0.3) is 0 Å². The summed E-state index contributed by atoms with van der Waals surface area (Å²) in [6, 6.07) is 5.93. The van der Waals surface area contributed by atoms with E-state index in [0.29, 0.717) is 18.7 Å². The van der Waals surface area contributed by atoms with E-state index in [0.717, 1.165) is 17.7 Å². The summed E-state index contributed by atoms with van der Waals surface area (Å²) in [5.41, 5.74) is 2.67. The van der Waals surface area contributed by atoms with Crippen LogP contribution in [0.2, 0.25) is 0 Å². The van der Waals surface area contributed by atoms with Crippen molar-refractivity contribution in [2.75, 3.05) is 38.0 Å². The van der Waals surface area contributed by atoms with Crippen LogP contribution in [0.1, 0.15) is 53.0 Å². The maximum atomic E-state index is 13.0. The third-order valence-corrected chi connectivity index (χ3v) is 4.59. The van der Waals surface area contributed by atoms with Gasteiger partial charge in [-0.05, 0) is 42.5 Å². The molecule has 6 heteroatoms. The van der Waals surface area contributed by atoms with Crippen molar-refractivity contribution < 1.29 is 14.3 Å². The molecule has 28 heavy (non-hydrogen) atoms. The first kappa shape index (κ1) is 24.0. The van der Waals surface area contributed by atoms with E-state index >= 15 is 0 Å². The zero-order valence-corrected chi connectivity index (χ0v) is 18.8. The Morgan fingerprint density at radius 2 is 1.86 bits per heavy atom. The van der Waals surface area contributed by atoms with Gasteiger partial charge in [0.1, 0.15) is 6.61 Å². The molecule has 0 spiro atoms. The van der Waals surface area contributed by atoms with Crippen LogP contribution in [-0.2, 0) is 20.9 Å². The normalized spacial score (nSPS) is 12.4. The number of methoxy groups -OCH3 is 1. The molecule has 0 saturated carbocycles. The molecule has 0 aliphatic carbocycles. The predicted octanol–water partition coefficient (Wildman–Crippen LogP) is 3.90. The van der Waals surface area contributed by atoms with Crippen molar-refractivity contribution in [3.05, 3.63) is 23.8 Å². The van der Waals surface area contributed by atoms with Crippen molar-refractivity contribution in [2.24, 2.45) is 5.41 Å². The molecule has 0 aliphatic heterocycles. The topological polar surface area (TPSA) is 61.9 Å². The van der Waals surface area contributed by atoms with Gasteiger partial charge in [0.2, 0.25) is 11.8 Å². The molecule has 158 valence electrons. The van der Waals surface area contributed by atoms with Crippen molar-refractivity contribution in [1.29, 1.82) is 0 Å². The molecule has 0 aliphatic rings. The number of benzene rings is 1. The van der Waals surface area contributed by atoms with Gasteiger partial charge in [-0.15, -0.1) is 0 Å². The second-order valence-electron chi connectivity index (χ2n) is 8.74. The number of hydrogen-bond donors (Lipinski definition) is 1. The first-order valence-electron chi connectivity index (χ1n) is 9.87. The molecule has 0 heterocycles. The number of ether oxygens (including phenoxy) is 1. The van der Waals surface area contributed by atoms with E-state index < -0.39 is 0 Å². The van der Waals surface area contributed by atoms with Gasteiger partial charge in [0.15, 0.2) is 0 Å². The summed E-state index contributed by atoms with van der Waals surface area (Å²) in [5, 5.41) is 2.85. The van der Waals surface area contributed by atoms with Crippen LogP contribution in [0.4, 0.5) is 11.4 Å². The van der Waals surface area contributed by atoms with Crippen LogP contribution in [0, 0.1) is 5.41 Å². The number of anilines is 2. The molecule has 1 aromatic carbocycles. The number of carbonyl (C=O) groups is 2. The highest BCUT2D eigenvalue weighted by Gasteiger charge is 2.25. The Morgan fingerprint density at radius 3 is 2.36 bits per heavy atom. The summed E-state index contributed by atoms with van der Waals surface area (Å²) < 4.78 is 4.88. The van der Waals surface area contributed by atoms with Gasteiger partial charge < -0.3 is 19.9 Å². The van der Waals surface area contributed by atoms with Gasteiger partial charge in [-0.1, -0.05) is 27.7 Å². The van der Waals surface area contributed by atoms with Crippen LogP contribution in [0.5, 0.6) is 0 Å². The SMILES string of the molecule is CCC(C)N(Cc1cc(NC(=O)COC)ccc1N(C)C)C(=O)CC(C)(C)C. The van der Waals surface area contributed by atoms with Gasteiger partial charge in [-0.25, -0.2) is 0 Å². The highest BCUT2D eigenvalue weighted by Crippen LogP contribution is 2.27. The standard InChI is InChI=1S/C22H37N3O3/c1-9-16(2)25(21(27)13-22(3,4)5)14-17-12-18(23-20(26)15-28-8)10-11-19(17)24(6)7/h10-12,16H,9,13-15H2,1-8H3,(H,23,26). The Hall–Kier alpha value is -2.08. The third kappa shape index (κ3) is 7.50. The average molecular weight is 392 g/mol. The van der Waals surface area contributed by atoms with Crippen LogP contribution in [0.15, 0.2) is 18.2 Å². The quantitative estimate of drug-likeness (QED) is 0.693. The Bertz CT molecular complexity index is 665. The van der Waals surface area contributed by atoms with E-state index in [9.17, 15) is 9.59 Å². The second-order valence-corrected chi connectivity index (χ2v) is 8.74. The van der Waals surface area contributed by atoms with Crippen LogP contribution in [0.3, 0.4) is 0 Å². The van der Waals surface area contributed by atoms with Gasteiger partial charge >= 0.3 is 0 Å². The molecule has 0 aromatic heterocycles. The number of carbonyl (C=O) groups excluding carboxylic acids is 2. The Kier molecular flexibility index (Phi) is 8.95. The monoisotopic (exact) mass is 391 g/mol. The van der Waals surface area contributed by atoms with E-state index in [1.807, 2.05) is 42.1 Å². The zero-order chi connectivity index (χ0) is 21.5. The highest BCUT2D eigenvalue weighted by molar-refractivity contribution is 5.92. The number of hydrogen-bond acceptors (Lipinski definition) is 4. The third-order valence-electron chi connectivity index (χ3n) is 4.59. The van der Waals surface area contributed by atoms with Crippen molar-refractivity contribution in [2.45, 2.75) is 60.0 Å². The minimum absolute atomic E-state index is 0.00777. The van der Waals surface area contributed by atoms with Gasteiger partial charge in [0, 0.05) is 51.6 Å². The lowest BCUT2D eigenvalue weighted by Crippen LogP contribution is -2.39. The molecule has 1 unspecified atom stereocenters. The number of nitrogens with zero attached hydrogens (tertiary/aromatic N) is 2. The number of amides is 2. The fourth-order valence-corrected chi connectivity index (χ4v) is 3.00. The van der Waals surface area contributed by atoms with Crippen LogP contribution >= 0.6 is 0 Å².